The lowest BCUT2D eigenvalue weighted by Crippen LogP contribution is -2.21. The normalized spacial score (nSPS) is 16.1. The molecule has 1 aliphatic heterocycles. The fourth-order valence-electron chi connectivity index (χ4n) is 3.16. The number of anilines is 1. The molecule has 1 aliphatic rings. The van der Waals surface area contributed by atoms with Gasteiger partial charge in [0.1, 0.15) is 5.75 Å². The Bertz CT molecular complexity index is 1170. The van der Waals surface area contributed by atoms with Crippen LogP contribution in [-0.4, -0.2) is 42.3 Å². The van der Waals surface area contributed by atoms with Gasteiger partial charge < -0.3 is 4.74 Å². The van der Waals surface area contributed by atoms with E-state index >= 15 is 0 Å². The monoisotopic (exact) mass is 475 g/mol. The molecule has 2 heterocycles. The lowest BCUT2D eigenvalue weighted by atomic mass is 9.96. The number of aliphatic imine (C=N–C) groups is 1. The topological polar surface area (TPSA) is 98.5 Å². The summed E-state index contributed by atoms with van der Waals surface area (Å²) >= 11 is 3.45. The van der Waals surface area contributed by atoms with Crippen molar-refractivity contribution in [3.05, 3.63) is 64.1 Å². The van der Waals surface area contributed by atoms with Crippen molar-refractivity contribution >= 4 is 43.6 Å². The van der Waals surface area contributed by atoms with Crippen molar-refractivity contribution in [3.63, 3.8) is 0 Å². The Morgan fingerprint density at radius 1 is 1.14 bits per heavy atom. The van der Waals surface area contributed by atoms with E-state index in [-0.39, 0.29) is 12.0 Å². The Hall–Kier alpha value is -2.72. The van der Waals surface area contributed by atoms with Gasteiger partial charge in [0.2, 0.25) is 10.0 Å². The van der Waals surface area contributed by atoms with Gasteiger partial charge in [0.05, 0.1) is 25.1 Å². The second-order valence-electron chi connectivity index (χ2n) is 6.61. The molecule has 1 unspecified atom stereocenters. The van der Waals surface area contributed by atoms with E-state index < -0.39 is 10.0 Å². The molecule has 0 fully saturated rings. The van der Waals surface area contributed by atoms with E-state index in [2.05, 4.69) is 35.7 Å². The minimum absolute atomic E-state index is 0.00168. The van der Waals surface area contributed by atoms with Crippen LogP contribution in [0.15, 0.2) is 58.0 Å². The molecular weight excluding hydrogens is 458 g/mol. The summed E-state index contributed by atoms with van der Waals surface area (Å²) < 4.78 is 33.4. The van der Waals surface area contributed by atoms with Gasteiger partial charge in [-0.25, -0.2) is 18.1 Å². The van der Waals surface area contributed by atoms with Crippen molar-refractivity contribution in [1.82, 2.24) is 14.8 Å². The number of benzene rings is 2. The molecule has 10 heteroatoms. The smallest absolute Gasteiger partial charge is 0.257 e. The SMILES string of the molecule is COc1ccc(C2CC(c3ccc(Br)cc3)=Nc3nc(NS(C)(=O)=O)nn32)cc1. The van der Waals surface area contributed by atoms with E-state index in [4.69, 9.17) is 4.74 Å². The molecule has 1 atom stereocenters. The van der Waals surface area contributed by atoms with Crippen LogP contribution < -0.4 is 9.46 Å². The zero-order valence-corrected chi connectivity index (χ0v) is 18.1. The van der Waals surface area contributed by atoms with Crippen LogP contribution in [0.25, 0.3) is 0 Å². The molecule has 0 bridgehead atoms. The minimum Gasteiger partial charge on any atom is -0.497 e. The fourth-order valence-corrected chi connectivity index (χ4v) is 3.84. The van der Waals surface area contributed by atoms with Gasteiger partial charge in [-0.3, -0.25) is 4.72 Å². The lowest BCUT2D eigenvalue weighted by Gasteiger charge is -2.24. The van der Waals surface area contributed by atoms with Crippen LogP contribution in [0.1, 0.15) is 23.6 Å². The van der Waals surface area contributed by atoms with Gasteiger partial charge in [0.25, 0.3) is 11.9 Å². The summed E-state index contributed by atoms with van der Waals surface area (Å²) in [6.07, 6.45) is 1.65. The van der Waals surface area contributed by atoms with E-state index in [0.717, 1.165) is 33.3 Å². The van der Waals surface area contributed by atoms with Gasteiger partial charge >= 0.3 is 0 Å². The second-order valence-corrected chi connectivity index (χ2v) is 9.28. The van der Waals surface area contributed by atoms with Gasteiger partial charge in [-0.2, -0.15) is 4.98 Å². The summed E-state index contributed by atoms with van der Waals surface area (Å²) in [6, 6.07) is 15.4. The van der Waals surface area contributed by atoms with Crippen LogP contribution in [0.3, 0.4) is 0 Å². The Balaban J connectivity index is 1.79. The molecule has 4 rings (SSSR count). The molecule has 150 valence electrons. The summed E-state index contributed by atoms with van der Waals surface area (Å²) in [5.41, 5.74) is 2.81. The van der Waals surface area contributed by atoms with Crippen molar-refractivity contribution in [2.45, 2.75) is 12.5 Å². The zero-order valence-electron chi connectivity index (χ0n) is 15.7. The van der Waals surface area contributed by atoms with Crippen LogP contribution in [0.2, 0.25) is 0 Å². The summed E-state index contributed by atoms with van der Waals surface area (Å²) in [6.45, 7) is 0. The van der Waals surface area contributed by atoms with E-state index in [1.165, 1.54) is 0 Å². The van der Waals surface area contributed by atoms with Gasteiger partial charge in [-0.1, -0.05) is 40.2 Å². The molecule has 2 aromatic carbocycles. The number of fused-ring (bicyclic) bond motifs is 1. The zero-order chi connectivity index (χ0) is 20.6. The molecule has 1 aromatic heterocycles. The number of ether oxygens (including phenoxy) is 1. The highest BCUT2D eigenvalue weighted by atomic mass is 79.9. The number of aromatic nitrogens is 3. The first-order valence-corrected chi connectivity index (χ1v) is 11.4. The van der Waals surface area contributed by atoms with Crippen molar-refractivity contribution in [1.29, 1.82) is 0 Å². The summed E-state index contributed by atoms with van der Waals surface area (Å²) in [5.74, 6) is 1.10. The number of halogens is 1. The molecule has 0 radical (unpaired) electrons. The quantitative estimate of drug-likeness (QED) is 0.608. The summed E-state index contributed by atoms with van der Waals surface area (Å²) in [7, 11) is -1.88. The average molecular weight is 476 g/mol. The maximum atomic E-state index is 11.6. The molecule has 8 nitrogen and oxygen atoms in total. The van der Waals surface area contributed by atoms with Gasteiger partial charge in [0, 0.05) is 10.9 Å². The maximum absolute atomic E-state index is 11.6. The first-order chi connectivity index (χ1) is 13.8. The Labute approximate surface area is 176 Å². The van der Waals surface area contributed by atoms with Crippen LogP contribution >= 0.6 is 15.9 Å². The fraction of sp³-hybridized carbons (Fsp3) is 0.211. The predicted octanol–water partition coefficient (Wildman–Crippen LogP) is 3.53. The Kier molecular flexibility index (Phi) is 5.13. The number of nitrogens with zero attached hydrogens (tertiary/aromatic N) is 4. The molecular formula is C19H18BrN5O3S. The molecule has 0 spiro atoms. The van der Waals surface area contributed by atoms with Crippen LogP contribution in [0.4, 0.5) is 11.9 Å². The Morgan fingerprint density at radius 3 is 2.45 bits per heavy atom. The van der Waals surface area contributed by atoms with Gasteiger partial charge in [0.15, 0.2) is 0 Å². The van der Waals surface area contributed by atoms with E-state index in [1.807, 2.05) is 48.5 Å². The number of sulfonamides is 1. The minimum atomic E-state index is -3.50. The second kappa shape index (κ2) is 7.60. The number of rotatable bonds is 5. The molecule has 1 N–H and O–H groups in total. The van der Waals surface area contributed by atoms with Gasteiger partial charge in [-0.15, -0.1) is 5.10 Å². The third-order valence-corrected chi connectivity index (χ3v) is 5.57. The van der Waals surface area contributed by atoms with Crippen molar-refractivity contribution in [2.75, 3.05) is 18.1 Å². The van der Waals surface area contributed by atoms with Gasteiger partial charge in [-0.05, 0) is 35.4 Å². The predicted molar refractivity (Wildman–Crippen MR) is 115 cm³/mol. The van der Waals surface area contributed by atoms with Crippen LogP contribution in [0.5, 0.6) is 5.75 Å². The van der Waals surface area contributed by atoms with Crippen LogP contribution in [-0.2, 0) is 10.0 Å². The Morgan fingerprint density at radius 2 is 1.83 bits per heavy atom. The number of methoxy groups -OCH3 is 1. The maximum Gasteiger partial charge on any atom is 0.257 e. The number of nitrogens with one attached hydrogen (secondary N) is 1. The molecule has 3 aromatic rings. The van der Waals surface area contributed by atoms with E-state index in [1.54, 1.807) is 11.8 Å². The van der Waals surface area contributed by atoms with Crippen LogP contribution in [0, 0.1) is 0 Å². The molecule has 0 aliphatic carbocycles. The molecule has 0 saturated heterocycles. The van der Waals surface area contributed by atoms with Crippen molar-refractivity contribution < 1.29 is 13.2 Å². The van der Waals surface area contributed by atoms with Crippen molar-refractivity contribution in [2.24, 2.45) is 4.99 Å². The van der Waals surface area contributed by atoms with Crippen molar-refractivity contribution in [3.8, 4) is 5.75 Å². The highest BCUT2D eigenvalue weighted by Crippen LogP contribution is 2.34. The average Bonchev–Trinajstić information content (AvgIpc) is 3.08. The molecule has 0 amide bonds. The molecule has 0 saturated carbocycles. The first kappa shape index (κ1) is 19.6. The molecule has 29 heavy (non-hydrogen) atoms. The number of hydrogen-bond donors (Lipinski definition) is 1. The highest BCUT2D eigenvalue weighted by Gasteiger charge is 2.28. The highest BCUT2D eigenvalue weighted by molar-refractivity contribution is 9.10. The lowest BCUT2D eigenvalue weighted by molar-refractivity contribution is 0.414. The van der Waals surface area contributed by atoms with E-state index in [9.17, 15) is 8.42 Å². The third-order valence-electron chi connectivity index (χ3n) is 4.48. The van der Waals surface area contributed by atoms with E-state index in [0.29, 0.717) is 12.4 Å². The third kappa shape index (κ3) is 4.33. The number of hydrogen-bond acceptors (Lipinski definition) is 6. The largest absolute Gasteiger partial charge is 0.497 e. The summed E-state index contributed by atoms with van der Waals surface area (Å²) in [4.78, 5) is 8.92. The first-order valence-electron chi connectivity index (χ1n) is 8.74. The summed E-state index contributed by atoms with van der Waals surface area (Å²) in [5, 5.41) is 4.35. The standard InChI is InChI=1S/C19H18BrN5O3S/c1-28-15-9-5-13(6-10-15)17-11-16(12-3-7-14(20)8-4-12)21-19-22-18(23-25(17)19)24-29(2,26)27/h3-10,17H,11H2,1-2H3,(H,23,24).